The summed E-state index contributed by atoms with van der Waals surface area (Å²) in [4.78, 5) is 14.0. The Morgan fingerprint density at radius 3 is 2.43 bits per heavy atom. The van der Waals surface area contributed by atoms with E-state index in [1.807, 2.05) is 41.6 Å². The summed E-state index contributed by atoms with van der Waals surface area (Å²) < 4.78 is 38.3. The number of benzene rings is 3. The quantitative estimate of drug-likeness (QED) is 0.0701. The van der Waals surface area contributed by atoms with Crippen LogP contribution < -0.4 is 0 Å². The molecule has 0 amide bonds. The van der Waals surface area contributed by atoms with Crippen LogP contribution in [0.2, 0.25) is 0 Å². The number of fused-ring (bicyclic) bond motifs is 4. The number of aliphatic hydroxyl groups is 1. The fourth-order valence-corrected chi connectivity index (χ4v) is 3.55. The molecule has 0 saturated heterocycles. The van der Waals surface area contributed by atoms with Crippen molar-refractivity contribution in [2.24, 2.45) is 0 Å². The summed E-state index contributed by atoms with van der Waals surface area (Å²) in [5, 5.41) is 11.6. The van der Waals surface area contributed by atoms with Crippen LogP contribution >= 0.6 is 0 Å². The van der Waals surface area contributed by atoms with Crippen LogP contribution in [-0.4, -0.2) is 38.1 Å². The summed E-state index contributed by atoms with van der Waals surface area (Å²) in [5.74, 6) is -2.47. The molecular formula is C27H20EuF3N2O2+. The molecule has 2 heterocycles. The van der Waals surface area contributed by atoms with E-state index in [1.54, 1.807) is 24.3 Å². The molecule has 4 nitrogen and oxygen atoms in total. The fourth-order valence-electron chi connectivity index (χ4n) is 3.55. The molecule has 1 aliphatic heterocycles. The van der Waals surface area contributed by atoms with Crippen molar-refractivity contribution in [1.29, 1.82) is 0 Å². The van der Waals surface area contributed by atoms with Crippen LogP contribution in [0, 0.1) is 55.9 Å². The first-order chi connectivity index (χ1) is 16.2. The molecule has 1 aromatic heterocycles. The summed E-state index contributed by atoms with van der Waals surface area (Å²) in [6.45, 7) is 5.92. The number of hydrogen-bond donors (Lipinski definition) is 1. The second-order valence-electron chi connectivity index (χ2n) is 7.53. The first-order valence-electron chi connectivity index (χ1n) is 10.3. The number of allylic oxidation sites excluding steroid dienone is 2. The van der Waals surface area contributed by atoms with Crippen molar-refractivity contribution in [3.63, 3.8) is 0 Å². The van der Waals surface area contributed by atoms with E-state index in [-0.39, 0.29) is 54.9 Å². The molecule has 0 unspecified atom stereocenters. The van der Waals surface area contributed by atoms with Crippen LogP contribution in [-0.2, 0) is 0 Å². The van der Waals surface area contributed by atoms with E-state index in [0.717, 1.165) is 27.4 Å². The smallest absolute Gasteiger partial charge is 0.449 e. The van der Waals surface area contributed by atoms with Gasteiger partial charge < -0.3 is 5.11 Å². The van der Waals surface area contributed by atoms with E-state index < -0.39 is 17.7 Å². The monoisotopic (exact) mass is 614 g/mol. The Hall–Kier alpha value is -2.81. The van der Waals surface area contributed by atoms with Crippen LogP contribution in [0.25, 0.3) is 27.8 Å². The maximum Gasteiger partial charge on any atom is 0.449 e. The van der Waals surface area contributed by atoms with E-state index in [2.05, 4.69) is 36.0 Å². The Morgan fingerprint density at radius 2 is 1.69 bits per heavy atom. The van der Waals surface area contributed by atoms with E-state index in [4.69, 9.17) is 5.11 Å². The predicted octanol–water partition coefficient (Wildman–Crippen LogP) is 6.50. The van der Waals surface area contributed by atoms with Gasteiger partial charge in [0.25, 0.3) is 0 Å². The Bertz CT molecular complexity index is 1480. The summed E-state index contributed by atoms with van der Waals surface area (Å²) in [7, 11) is 0. The number of pyridine rings is 1. The minimum absolute atomic E-state index is 0. The topological polar surface area (TPSA) is 57.5 Å². The zero-order valence-corrected chi connectivity index (χ0v) is 20.7. The van der Waals surface area contributed by atoms with Crippen molar-refractivity contribution in [2.75, 3.05) is 0 Å². The maximum atomic E-state index is 12.1. The van der Waals surface area contributed by atoms with Crippen molar-refractivity contribution >= 4 is 45.9 Å². The number of rotatable bonds is 2. The minimum atomic E-state index is -4.87. The third-order valence-corrected chi connectivity index (χ3v) is 5.22. The average Bonchev–Trinajstić information content (AvgIpc) is 2.83. The van der Waals surface area contributed by atoms with Gasteiger partial charge in [0.1, 0.15) is 0 Å². The summed E-state index contributed by atoms with van der Waals surface area (Å²) in [5.41, 5.74) is 3.45. The molecule has 0 spiro atoms. The summed E-state index contributed by atoms with van der Waals surface area (Å²) >= 11 is 0. The maximum absolute atomic E-state index is 12.1. The number of halogens is 3. The van der Waals surface area contributed by atoms with Crippen molar-refractivity contribution in [3.05, 3.63) is 109 Å². The Labute approximate surface area is 240 Å². The molecule has 2 N–H and O–H groups in total. The molecule has 0 aliphatic carbocycles. The molecule has 1 radical (unpaired) electrons. The molecule has 0 bridgehead atoms. The van der Waals surface area contributed by atoms with Gasteiger partial charge >= 0.3 is 12.0 Å². The van der Waals surface area contributed by atoms with Gasteiger partial charge in [0, 0.05) is 55.6 Å². The van der Waals surface area contributed by atoms with Crippen LogP contribution in [0.3, 0.4) is 0 Å². The van der Waals surface area contributed by atoms with Gasteiger partial charge in [-0.25, -0.2) is 0 Å². The van der Waals surface area contributed by atoms with Gasteiger partial charge in [-0.15, -0.1) is 6.08 Å². The van der Waals surface area contributed by atoms with Crippen LogP contribution in [0.1, 0.15) is 11.1 Å². The van der Waals surface area contributed by atoms with E-state index in [1.165, 1.54) is 11.6 Å². The first-order valence-corrected chi connectivity index (χ1v) is 10.3. The number of ketones is 1. The molecule has 5 rings (SSSR count). The van der Waals surface area contributed by atoms with Crippen molar-refractivity contribution in [1.82, 2.24) is 4.98 Å². The summed E-state index contributed by atoms with van der Waals surface area (Å²) in [6, 6.07) is 20.2. The van der Waals surface area contributed by atoms with Crippen molar-refractivity contribution < 1.29 is 77.0 Å². The predicted molar refractivity (Wildman–Crippen MR) is 129 cm³/mol. The van der Waals surface area contributed by atoms with Gasteiger partial charge in [0.15, 0.2) is 5.69 Å². The molecule has 1 aliphatic rings. The van der Waals surface area contributed by atoms with Gasteiger partial charge in [-0.1, -0.05) is 54.6 Å². The summed E-state index contributed by atoms with van der Waals surface area (Å²) in [6.07, 6.45) is 1.30. The molecule has 0 fully saturated rings. The molecule has 0 saturated carbocycles. The van der Waals surface area contributed by atoms with Gasteiger partial charge in [0.05, 0.1) is 30.4 Å². The van der Waals surface area contributed by atoms with Gasteiger partial charge in [-0.2, -0.15) is 13.2 Å². The fraction of sp³-hybridized carbons (Fsp3) is 0.0370. The number of hydrogen-bond acceptors (Lipinski definition) is 2. The van der Waals surface area contributed by atoms with Crippen LogP contribution in [0.15, 0.2) is 90.8 Å². The number of nitrogens with zero attached hydrogens (tertiary/aromatic N) is 2. The average molecular weight is 613 g/mol. The molecule has 4 aromatic rings. The zero-order chi connectivity index (χ0) is 24.3. The molecule has 0 atom stereocenters. The van der Waals surface area contributed by atoms with Gasteiger partial charge in [-0.05, 0) is 39.9 Å². The Balaban J connectivity index is 0.000000194. The van der Waals surface area contributed by atoms with E-state index in [0.29, 0.717) is 6.08 Å². The number of aliphatic hydroxyl groups excluding tert-OH is 1. The third kappa shape index (κ3) is 6.26. The second-order valence-corrected chi connectivity index (χ2v) is 7.53. The van der Waals surface area contributed by atoms with Crippen LogP contribution in [0.4, 0.5) is 18.9 Å². The minimum Gasteiger partial charge on any atom is -0.504 e. The molecule has 8 heteroatoms. The zero-order valence-electron chi connectivity index (χ0n) is 18.2. The standard InChI is InChI=1S/C14H9F3O2.C13H10N2.Eu/c15-14(16,17)13(19)8-12(18)11-6-5-9-3-1-2-4-10(9)7-11;1-15-9-3-5-11-7-6-10-4-2-8-14-12(10)13(11)15;/h1-8,19H;2-9H,1H2;/p+1. The largest absolute Gasteiger partial charge is 0.504 e. The van der Waals surface area contributed by atoms with Crippen molar-refractivity contribution in [3.8, 4) is 0 Å². The van der Waals surface area contributed by atoms with Gasteiger partial charge in [-0.3, -0.25) is 14.4 Å². The van der Waals surface area contributed by atoms with E-state index >= 15 is 0 Å². The molecule has 3 aromatic carbocycles. The second kappa shape index (κ2) is 11.3. The van der Waals surface area contributed by atoms with Gasteiger partial charge in [0.2, 0.25) is 5.76 Å². The number of carbonyl (C=O) groups excluding carboxylic acids is 1. The number of alkyl halides is 3. The van der Waals surface area contributed by atoms with E-state index in [9.17, 15) is 18.0 Å². The third-order valence-electron chi connectivity index (χ3n) is 5.22. The molecular weight excluding hydrogens is 593 g/mol. The Kier molecular flexibility index (Phi) is 8.64. The number of aromatic nitrogens is 1. The van der Waals surface area contributed by atoms with Crippen LogP contribution in [0.5, 0.6) is 0 Å². The Morgan fingerprint density at radius 1 is 1.00 bits per heavy atom. The normalized spacial score (nSPS) is 12.8. The van der Waals surface area contributed by atoms with Crippen molar-refractivity contribution in [2.45, 2.75) is 6.18 Å². The molecule has 177 valence electrons. The molecule has 35 heavy (non-hydrogen) atoms. The first kappa shape index (κ1) is 26.8. The SMILES string of the molecule is C=[N+]1[CH-]C=Cc2ccc3cccnc3c21.OC(=CC(=[OH+])c1ccc2ccccc2c1)C(F)(F)F.[Eu].